The maximum Gasteiger partial charge on any atom is 0.234 e. The van der Waals surface area contributed by atoms with Gasteiger partial charge in [0.25, 0.3) is 0 Å². The van der Waals surface area contributed by atoms with Crippen molar-refractivity contribution >= 4 is 16.3 Å². The zero-order valence-corrected chi connectivity index (χ0v) is 10.3. The van der Waals surface area contributed by atoms with Gasteiger partial charge in [-0.1, -0.05) is 25.2 Å². The van der Waals surface area contributed by atoms with Crippen molar-refractivity contribution in [3.63, 3.8) is 0 Å². The van der Waals surface area contributed by atoms with Crippen LogP contribution >= 0.6 is 11.3 Å². The van der Waals surface area contributed by atoms with E-state index < -0.39 is 0 Å². The van der Waals surface area contributed by atoms with Crippen LogP contribution in [0.1, 0.15) is 31.1 Å². The normalized spacial score (nSPS) is 25.6. The van der Waals surface area contributed by atoms with Gasteiger partial charge in [0.05, 0.1) is 0 Å². The molecule has 2 aromatic rings. The Morgan fingerprint density at radius 2 is 2.38 bits per heavy atom. The van der Waals surface area contributed by atoms with Gasteiger partial charge in [0.2, 0.25) is 4.96 Å². The van der Waals surface area contributed by atoms with Crippen molar-refractivity contribution in [3.8, 4) is 0 Å². The molecule has 86 valence electrons. The molecule has 0 radical (unpaired) electrons. The topological polar surface area (TPSA) is 55.1 Å². The molecule has 1 atom stereocenters. The van der Waals surface area contributed by atoms with E-state index in [0.29, 0.717) is 0 Å². The second kappa shape index (κ2) is 3.49. The summed E-state index contributed by atoms with van der Waals surface area (Å²) in [4.78, 5) is 0.917. The minimum Gasteiger partial charge on any atom is -0.316 e. The van der Waals surface area contributed by atoms with Gasteiger partial charge in [0.1, 0.15) is 5.01 Å². The molecule has 0 amide bonds. The predicted octanol–water partition coefficient (Wildman–Crippen LogP) is 0.999. The van der Waals surface area contributed by atoms with Crippen molar-refractivity contribution in [2.45, 2.75) is 32.1 Å². The summed E-state index contributed by atoms with van der Waals surface area (Å²) in [5, 5.41) is 17.5. The van der Waals surface area contributed by atoms with Gasteiger partial charge in [-0.05, 0) is 13.0 Å². The van der Waals surface area contributed by atoms with Gasteiger partial charge in [-0.3, -0.25) is 0 Å². The van der Waals surface area contributed by atoms with E-state index in [2.05, 4.69) is 34.5 Å². The number of fused-ring (bicyclic) bond motifs is 1. The lowest BCUT2D eigenvalue weighted by Crippen LogP contribution is -2.24. The fourth-order valence-electron chi connectivity index (χ4n) is 2.12. The van der Waals surface area contributed by atoms with E-state index >= 15 is 0 Å². The quantitative estimate of drug-likeness (QED) is 0.846. The Balaban J connectivity index is 2.08. The fraction of sp³-hybridized carbons (Fsp3) is 0.700. The van der Waals surface area contributed by atoms with Crippen LogP contribution in [0.3, 0.4) is 0 Å². The zero-order valence-electron chi connectivity index (χ0n) is 9.53. The smallest absolute Gasteiger partial charge is 0.234 e. The van der Waals surface area contributed by atoms with E-state index in [4.69, 9.17) is 0 Å². The summed E-state index contributed by atoms with van der Waals surface area (Å²) in [6.07, 6.45) is 2.03. The second-order valence-corrected chi connectivity index (χ2v) is 5.51. The van der Waals surface area contributed by atoms with Crippen molar-refractivity contribution in [1.82, 2.24) is 25.1 Å². The van der Waals surface area contributed by atoms with Crippen LogP contribution in [-0.4, -0.2) is 32.9 Å². The van der Waals surface area contributed by atoms with Crippen molar-refractivity contribution in [1.29, 1.82) is 0 Å². The minimum atomic E-state index is 0.177. The Labute approximate surface area is 97.9 Å². The number of nitrogens with one attached hydrogen (secondary N) is 1. The third-order valence-corrected chi connectivity index (χ3v) is 4.46. The van der Waals surface area contributed by atoms with Gasteiger partial charge in [-0.15, -0.1) is 10.2 Å². The van der Waals surface area contributed by atoms with E-state index in [0.717, 1.165) is 36.7 Å². The van der Waals surface area contributed by atoms with Gasteiger partial charge in [-0.25, -0.2) is 0 Å². The molecule has 5 nitrogen and oxygen atoms in total. The van der Waals surface area contributed by atoms with Crippen LogP contribution in [0.2, 0.25) is 0 Å². The van der Waals surface area contributed by atoms with Crippen molar-refractivity contribution in [2.24, 2.45) is 0 Å². The number of hydrogen-bond acceptors (Lipinski definition) is 5. The first-order chi connectivity index (χ1) is 7.73. The summed E-state index contributed by atoms with van der Waals surface area (Å²) in [5.41, 5.74) is 0.177. The van der Waals surface area contributed by atoms with Crippen LogP contribution in [0.5, 0.6) is 0 Å². The highest BCUT2D eigenvalue weighted by molar-refractivity contribution is 7.16. The lowest BCUT2D eigenvalue weighted by Gasteiger charge is -2.17. The molecule has 2 aromatic heterocycles. The Morgan fingerprint density at radius 1 is 1.50 bits per heavy atom. The molecule has 0 aromatic carbocycles. The highest BCUT2D eigenvalue weighted by Gasteiger charge is 2.34. The third-order valence-electron chi connectivity index (χ3n) is 3.26. The van der Waals surface area contributed by atoms with Crippen LogP contribution in [0.25, 0.3) is 4.96 Å². The summed E-state index contributed by atoms with van der Waals surface area (Å²) in [6.45, 7) is 6.44. The molecule has 3 heterocycles. The lowest BCUT2D eigenvalue weighted by molar-refractivity contribution is 0.512. The Hall–Kier alpha value is -1.01. The molecule has 1 fully saturated rings. The monoisotopic (exact) mass is 237 g/mol. The van der Waals surface area contributed by atoms with E-state index in [9.17, 15) is 0 Å². The van der Waals surface area contributed by atoms with Crippen LogP contribution < -0.4 is 5.32 Å². The summed E-state index contributed by atoms with van der Waals surface area (Å²) in [5.74, 6) is 0.951. The van der Waals surface area contributed by atoms with Crippen LogP contribution in [0, 0.1) is 0 Å². The number of aryl methyl sites for hydroxylation is 1. The maximum absolute atomic E-state index is 4.67. The Morgan fingerprint density at radius 3 is 3.06 bits per heavy atom. The summed E-state index contributed by atoms with van der Waals surface area (Å²) in [7, 11) is 0. The van der Waals surface area contributed by atoms with Gasteiger partial charge in [-0.2, -0.15) is 9.61 Å². The van der Waals surface area contributed by atoms with Gasteiger partial charge < -0.3 is 5.32 Å². The predicted molar refractivity (Wildman–Crippen MR) is 62.9 cm³/mol. The number of nitrogens with zero attached hydrogens (tertiary/aromatic N) is 4. The number of aromatic nitrogens is 4. The molecule has 1 unspecified atom stereocenters. The molecule has 0 spiro atoms. The summed E-state index contributed by atoms with van der Waals surface area (Å²) >= 11 is 1.67. The van der Waals surface area contributed by atoms with Crippen LogP contribution in [0.4, 0.5) is 0 Å². The molecule has 0 saturated carbocycles. The molecule has 3 rings (SSSR count). The highest BCUT2D eigenvalue weighted by Crippen LogP contribution is 2.32. The number of hydrogen-bond donors (Lipinski definition) is 1. The molecular formula is C10H15N5S. The molecule has 1 N–H and O–H groups in total. The van der Waals surface area contributed by atoms with Crippen molar-refractivity contribution in [2.75, 3.05) is 13.1 Å². The van der Waals surface area contributed by atoms with Gasteiger partial charge in [0, 0.05) is 18.4 Å². The van der Waals surface area contributed by atoms with Gasteiger partial charge in [0.15, 0.2) is 5.82 Å². The minimum absolute atomic E-state index is 0.177. The molecule has 1 saturated heterocycles. The van der Waals surface area contributed by atoms with Crippen LogP contribution in [-0.2, 0) is 11.8 Å². The lowest BCUT2D eigenvalue weighted by atomic mass is 9.91. The van der Waals surface area contributed by atoms with Crippen molar-refractivity contribution in [3.05, 3.63) is 10.8 Å². The van der Waals surface area contributed by atoms with E-state index in [1.54, 1.807) is 11.3 Å². The van der Waals surface area contributed by atoms with Gasteiger partial charge >= 0.3 is 0 Å². The molecular weight excluding hydrogens is 222 g/mol. The third kappa shape index (κ3) is 1.36. The SMILES string of the molecule is CCc1nnc2sc(C3(C)CCNC3)nn12. The Bertz CT molecular complexity index is 508. The first-order valence-corrected chi connectivity index (χ1v) is 6.47. The molecule has 6 heteroatoms. The average molecular weight is 237 g/mol. The summed E-state index contributed by atoms with van der Waals surface area (Å²) in [6, 6.07) is 0. The Kier molecular flexibility index (Phi) is 2.22. The highest BCUT2D eigenvalue weighted by atomic mass is 32.1. The second-order valence-electron chi connectivity index (χ2n) is 4.56. The standard InChI is InChI=1S/C10H15N5S/c1-3-7-12-13-9-15(7)14-8(16-9)10(2)4-5-11-6-10/h11H,3-6H2,1-2H3. The number of rotatable bonds is 2. The molecule has 0 bridgehead atoms. The van der Waals surface area contributed by atoms with E-state index in [-0.39, 0.29) is 5.41 Å². The van der Waals surface area contributed by atoms with Crippen molar-refractivity contribution < 1.29 is 0 Å². The van der Waals surface area contributed by atoms with Crippen LogP contribution in [0.15, 0.2) is 0 Å². The molecule has 1 aliphatic heterocycles. The largest absolute Gasteiger partial charge is 0.316 e. The molecule has 16 heavy (non-hydrogen) atoms. The summed E-state index contributed by atoms with van der Waals surface area (Å²) < 4.78 is 1.89. The van der Waals surface area contributed by atoms with E-state index in [1.807, 2.05) is 4.52 Å². The van der Waals surface area contributed by atoms with E-state index in [1.165, 1.54) is 5.01 Å². The molecule has 1 aliphatic rings. The fourth-order valence-corrected chi connectivity index (χ4v) is 3.15. The maximum atomic E-state index is 4.67. The first-order valence-electron chi connectivity index (χ1n) is 5.65. The molecule has 0 aliphatic carbocycles. The first kappa shape index (κ1) is 10.2. The average Bonchev–Trinajstić information content (AvgIpc) is 2.91. The zero-order chi connectivity index (χ0) is 11.2.